The zero-order valence-electron chi connectivity index (χ0n) is 14.8. The van der Waals surface area contributed by atoms with Gasteiger partial charge in [-0.3, -0.25) is 4.79 Å². The van der Waals surface area contributed by atoms with Crippen LogP contribution in [0.15, 0.2) is 30.5 Å². The number of aromatic nitrogens is 3. The Labute approximate surface area is 163 Å². The Balaban J connectivity index is 1.81. The van der Waals surface area contributed by atoms with Gasteiger partial charge in [0.15, 0.2) is 0 Å². The molecule has 9 heteroatoms. The number of hydrogen-bond acceptors (Lipinski definition) is 4. The molecular formula is C19H15ClF2N4O2. The topological polar surface area (TPSA) is 60.2 Å². The van der Waals surface area contributed by atoms with E-state index in [1.54, 1.807) is 36.3 Å². The number of hydrogen-bond donors (Lipinski definition) is 0. The van der Waals surface area contributed by atoms with Gasteiger partial charge in [0.25, 0.3) is 5.91 Å². The molecule has 2 unspecified atom stereocenters. The summed E-state index contributed by atoms with van der Waals surface area (Å²) in [6, 6.07) is 6.04. The number of carbonyl (C=O) groups is 1. The minimum atomic E-state index is -2.99. The van der Waals surface area contributed by atoms with Crippen LogP contribution in [0.5, 0.6) is 5.75 Å². The number of nitrogens with zero attached hydrogens (tertiary/aromatic N) is 4. The van der Waals surface area contributed by atoms with E-state index in [-0.39, 0.29) is 23.6 Å². The van der Waals surface area contributed by atoms with Crippen molar-refractivity contribution in [3.05, 3.63) is 52.6 Å². The summed E-state index contributed by atoms with van der Waals surface area (Å²) < 4.78 is 32.9. The van der Waals surface area contributed by atoms with E-state index in [4.69, 9.17) is 21.3 Å². The second-order valence-corrected chi connectivity index (χ2v) is 7.45. The van der Waals surface area contributed by atoms with Crippen molar-refractivity contribution >= 4 is 28.5 Å². The van der Waals surface area contributed by atoms with Crippen LogP contribution in [0, 0.1) is 0 Å². The van der Waals surface area contributed by atoms with E-state index in [1.807, 2.05) is 4.57 Å². The van der Waals surface area contributed by atoms with Crippen molar-refractivity contribution in [2.24, 2.45) is 0 Å². The number of pyridine rings is 1. The van der Waals surface area contributed by atoms with E-state index in [9.17, 15) is 13.6 Å². The van der Waals surface area contributed by atoms with Crippen molar-refractivity contribution in [2.75, 3.05) is 13.6 Å². The van der Waals surface area contributed by atoms with Crippen LogP contribution in [-0.4, -0.2) is 45.5 Å². The van der Waals surface area contributed by atoms with Gasteiger partial charge in [-0.15, -0.1) is 0 Å². The number of alkyl halides is 2. The fraction of sp³-hybridized carbons (Fsp3) is 0.316. The molecule has 2 aliphatic rings. The van der Waals surface area contributed by atoms with Crippen molar-refractivity contribution in [2.45, 2.75) is 25.0 Å². The van der Waals surface area contributed by atoms with Gasteiger partial charge in [0.2, 0.25) is 0 Å². The highest BCUT2D eigenvalue weighted by Gasteiger charge is 2.41. The summed E-state index contributed by atoms with van der Waals surface area (Å²) >= 11 is 6.09. The zero-order chi connectivity index (χ0) is 19.6. The lowest BCUT2D eigenvalue weighted by Gasteiger charge is -2.27. The first-order valence-electron chi connectivity index (χ1n) is 8.80. The van der Waals surface area contributed by atoms with Gasteiger partial charge in [-0.05, 0) is 18.6 Å². The first-order chi connectivity index (χ1) is 13.4. The van der Waals surface area contributed by atoms with Crippen LogP contribution in [0.2, 0.25) is 5.15 Å². The smallest absolute Gasteiger partial charge is 0.387 e. The minimum Gasteiger partial charge on any atom is -0.434 e. The largest absolute Gasteiger partial charge is 0.434 e. The second kappa shape index (κ2) is 6.13. The molecule has 2 bridgehead atoms. The van der Waals surface area contributed by atoms with Crippen molar-refractivity contribution in [1.29, 1.82) is 0 Å². The molecule has 0 spiro atoms. The first kappa shape index (κ1) is 17.4. The van der Waals surface area contributed by atoms with E-state index >= 15 is 0 Å². The van der Waals surface area contributed by atoms with Crippen LogP contribution in [0.1, 0.15) is 40.1 Å². The summed E-state index contributed by atoms with van der Waals surface area (Å²) in [6.07, 6.45) is 2.23. The Morgan fingerprint density at radius 1 is 1.36 bits per heavy atom. The SMILES string of the molecule is CN1CC2CC(c3c(OC(F)F)cccc3C1=O)n1c2nc2cnc(Cl)cc21. The minimum absolute atomic E-state index is 0.00903. The van der Waals surface area contributed by atoms with E-state index in [0.29, 0.717) is 34.8 Å². The maximum atomic E-state index is 13.1. The molecule has 2 aromatic heterocycles. The van der Waals surface area contributed by atoms with Crippen molar-refractivity contribution in [3.8, 4) is 5.75 Å². The fourth-order valence-corrected chi connectivity index (χ4v) is 4.54. The van der Waals surface area contributed by atoms with E-state index in [2.05, 4.69) is 4.98 Å². The van der Waals surface area contributed by atoms with Gasteiger partial charge in [0.1, 0.15) is 22.2 Å². The van der Waals surface area contributed by atoms with Crippen LogP contribution < -0.4 is 4.74 Å². The van der Waals surface area contributed by atoms with Gasteiger partial charge in [0.05, 0.1) is 17.8 Å². The number of ether oxygens (including phenoxy) is 1. The predicted molar refractivity (Wildman–Crippen MR) is 98.1 cm³/mol. The summed E-state index contributed by atoms with van der Waals surface area (Å²) in [5, 5.41) is 0.317. The van der Waals surface area contributed by atoms with Crippen molar-refractivity contribution < 1.29 is 18.3 Å². The van der Waals surface area contributed by atoms with Crippen LogP contribution in [0.25, 0.3) is 11.0 Å². The monoisotopic (exact) mass is 404 g/mol. The van der Waals surface area contributed by atoms with Crippen LogP contribution in [0.4, 0.5) is 8.78 Å². The van der Waals surface area contributed by atoms with E-state index in [1.165, 1.54) is 6.07 Å². The lowest BCUT2D eigenvalue weighted by Crippen LogP contribution is -2.33. The zero-order valence-corrected chi connectivity index (χ0v) is 15.5. The number of carbonyl (C=O) groups excluding carboxylic acids is 1. The van der Waals surface area contributed by atoms with Gasteiger partial charge >= 0.3 is 6.61 Å². The standard InChI is InChI=1S/C19H15ClF2N4O2/c1-25-8-9-5-13(26-12-6-15(20)23-7-11(12)24-17(9)26)16-10(18(25)27)3-2-4-14(16)28-19(21)22/h2-4,6-7,9,13,19H,5,8H2,1H3. The van der Waals surface area contributed by atoms with E-state index in [0.717, 1.165) is 11.3 Å². The van der Waals surface area contributed by atoms with Gasteiger partial charge in [-0.25, -0.2) is 9.97 Å². The van der Waals surface area contributed by atoms with Crippen LogP contribution in [0.3, 0.4) is 0 Å². The molecule has 0 aliphatic carbocycles. The molecule has 0 N–H and O–H groups in total. The second-order valence-electron chi connectivity index (χ2n) is 7.07. The molecule has 4 heterocycles. The summed E-state index contributed by atoms with van der Waals surface area (Å²) in [4.78, 5) is 23.3. The average molecular weight is 405 g/mol. The number of rotatable bonds is 2. The Bertz CT molecular complexity index is 1120. The molecule has 0 saturated carbocycles. The third kappa shape index (κ3) is 2.47. The number of benzene rings is 1. The Morgan fingerprint density at radius 2 is 2.18 bits per heavy atom. The van der Waals surface area contributed by atoms with Gasteiger partial charge in [-0.1, -0.05) is 17.7 Å². The molecule has 28 heavy (non-hydrogen) atoms. The Kier molecular flexibility index (Phi) is 3.80. The van der Waals surface area contributed by atoms with Crippen LogP contribution in [-0.2, 0) is 0 Å². The molecule has 0 radical (unpaired) electrons. The highest BCUT2D eigenvalue weighted by atomic mass is 35.5. The molecule has 0 fully saturated rings. The summed E-state index contributed by atoms with van der Waals surface area (Å²) in [6.45, 7) is -2.50. The number of likely N-dealkylation sites (N-methyl/N-ethyl adjacent to an activating group) is 1. The molecule has 2 aliphatic heterocycles. The Morgan fingerprint density at radius 3 is 2.96 bits per heavy atom. The highest BCUT2D eigenvalue weighted by Crippen LogP contribution is 2.48. The first-order valence-corrected chi connectivity index (χ1v) is 9.18. The van der Waals surface area contributed by atoms with Crippen LogP contribution >= 0.6 is 11.6 Å². The molecular weight excluding hydrogens is 390 g/mol. The quantitative estimate of drug-likeness (QED) is 0.609. The molecule has 5 rings (SSSR count). The third-order valence-corrected chi connectivity index (χ3v) is 5.65. The number of halogens is 3. The molecule has 2 atom stereocenters. The maximum absolute atomic E-state index is 13.1. The number of fused-ring (bicyclic) bond motifs is 9. The lowest BCUT2D eigenvalue weighted by molar-refractivity contribution is -0.0507. The lowest BCUT2D eigenvalue weighted by atomic mass is 9.91. The van der Waals surface area contributed by atoms with E-state index < -0.39 is 6.61 Å². The molecule has 144 valence electrons. The number of amides is 1. The van der Waals surface area contributed by atoms with Gasteiger partial charge in [0, 0.05) is 36.7 Å². The molecule has 3 aromatic rings. The maximum Gasteiger partial charge on any atom is 0.387 e. The van der Waals surface area contributed by atoms with Gasteiger partial charge in [-0.2, -0.15) is 8.78 Å². The number of imidazole rings is 1. The van der Waals surface area contributed by atoms with Gasteiger partial charge < -0.3 is 14.2 Å². The van der Waals surface area contributed by atoms with Crippen molar-refractivity contribution in [1.82, 2.24) is 19.4 Å². The molecule has 1 amide bonds. The molecule has 1 aromatic carbocycles. The third-order valence-electron chi connectivity index (χ3n) is 5.44. The fourth-order valence-electron chi connectivity index (χ4n) is 4.38. The predicted octanol–water partition coefficient (Wildman–Crippen LogP) is 3.85. The highest BCUT2D eigenvalue weighted by molar-refractivity contribution is 6.29. The summed E-state index contributed by atoms with van der Waals surface area (Å²) in [5.41, 5.74) is 2.25. The Hall–Kier alpha value is -2.74. The summed E-state index contributed by atoms with van der Waals surface area (Å²) in [5.74, 6) is 0.551. The molecule has 6 nitrogen and oxygen atoms in total. The summed E-state index contributed by atoms with van der Waals surface area (Å²) in [7, 11) is 1.71. The van der Waals surface area contributed by atoms with Crippen molar-refractivity contribution in [3.63, 3.8) is 0 Å². The molecule has 0 saturated heterocycles. The normalized spacial score (nSPS) is 20.9. The average Bonchev–Trinajstić information content (AvgIpc) is 3.18.